The van der Waals surface area contributed by atoms with Crippen LogP contribution in [0.4, 0.5) is 16.0 Å². The third-order valence-electron chi connectivity index (χ3n) is 7.36. The van der Waals surface area contributed by atoms with E-state index in [1.807, 2.05) is 25.3 Å². The molecule has 0 bridgehead atoms. The Labute approximate surface area is 206 Å². The topological polar surface area (TPSA) is 65.4 Å². The maximum Gasteiger partial charge on any atom is 0.154 e. The molecular weight excluding hydrogens is 441 g/mol. The van der Waals surface area contributed by atoms with E-state index in [1.54, 1.807) is 13.8 Å². The molecule has 35 heavy (non-hydrogen) atoms. The second-order valence-electron chi connectivity index (χ2n) is 10.5. The van der Waals surface area contributed by atoms with Crippen molar-refractivity contribution in [1.29, 1.82) is 0 Å². The van der Waals surface area contributed by atoms with Gasteiger partial charge in [-0.3, -0.25) is 0 Å². The van der Waals surface area contributed by atoms with Crippen molar-refractivity contribution < 1.29 is 9.50 Å². The molecule has 0 unspecified atom stereocenters. The third-order valence-corrected chi connectivity index (χ3v) is 7.36. The van der Waals surface area contributed by atoms with Gasteiger partial charge in [0, 0.05) is 49.4 Å². The van der Waals surface area contributed by atoms with Crippen LogP contribution in [-0.2, 0) is 24.9 Å². The number of hydrogen-bond acceptors (Lipinski definition) is 6. The third kappa shape index (κ3) is 4.74. The van der Waals surface area contributed by atoms with Gasteiger partial charge in [0.1, 0.15) is 11.6 Å². The number of aryl methyl sites for hydroxylation is 1. The van der Waals surface area contributed by atoms with Gasteiger partial charge in [-0.05, 0) is 81.8 Å². The number of aromatic nitrogens is 3. The first-order valence-corrected chi connectivity index (χ1v) is 12.5. The highest BCUT2D eigenvalue weighted by Crippen LogP contribution is 2.34. The first-order valence-electron chi connectivity index (χ1n) is 12.5. The molecule has 3 aromatic rings. The molecule has 1 aliphatic heterocycles. The predicted octanol–water partition coefficient (Wildman–Crippen LogP) is 4.34. The van der Waals surface area contributed by atoms with Gasteiger partial charge in [0.05, 0.1) is 11.3 Å². The van der Waals surface area contributed by atoms with E-state index in [0.29, 0.717) is 6.42 Å². The Hall–Kier alpha value is -3.06. The van der Waals surface area contributed by atoms with Crippen LogP contribution >= 0.6 is 0 Å². The van der Waals surface area contributed by atoms with Crippen LogP contribution in [0.25, 0.3) is 0 Å². The van der Waals surface area contributed by atoms with Gasteiger partial charge in [0.25, 0.3) is 0 Å². The van der Waals surface area contributed by atoms with E-state index < -0.39 is 5.60 Å². The molecule has 0 spiro atoms. The average Bonchev–Trinajstić information content (AvgIpc) is 3.30. The highest BCUT2D eigenvalue weighted by atomic mass is 19.1. The molecule has 2 aliphatic rings. The van der Waals surface area contributed by atoms with Crippen molar-refractivity contribution in [2.75, 3.05) is 29.4 Å². The first-order chi connectivity index (χ1) is 16.7. The van der Waals surface area contributed by atoms with Crippen LogP contribution in [0.2, 0.25) is 0 Å². The lowest BCUT2D eigenvalue weighted by Crippen LogP contribution is -2.53. The summed E-state index contributed by atoms with van der Waals surface area (Å²) in [5.74, 6) is 1.76. The lowest BCUT2D eigenvalue weighted by atomic mass is 9.96. The standard InChI is InChI=1S/C28H34FN5O/c1-18-14-26(30-16-24(18)28(3,4)35)34-13-12-33(17-19(34)2)27-23-7-5-6-22(23)25(31-32-27)15-20-8-10-21(29)11-9-20/h8-11,14,16,19,35H,5-7,12-13,15,17H2,1-4H3/t19-/m1/s1. The quantitative estimate of drug-likeness (QED) is 0.592. The summed E-state index contributed by atoms with van der Waals surface area (Å²) in [5.41, 5.74) is 5.75. The number of hydrogen-bond donors (Lipinski definition) is 1. The van der Waals surface area contributed by atoms with E-state index in [4.69, 9.17) is 5.10 Å². The highest BCUT2D eigenvalue weighted by molar-refractivity contribution is 5.56. The van der Waals surface area contributed by atoms with Gasteiger partial charge in [-0.15, -0.1) is 5.10 Å². The Morgan fingerprint density at radius 1 is 1.09 bits per heavy atom. The van der Waals surface area contributed by atoms with Gasteiger partial charge in [0.15, 0.2) is 5.82 Å². The van der Waals surface area contributed by atoms with Crippen molar-refractivity contribution in [3.8, 4) is 0 Å². The number of aliphatic hydroxyl groups is 1. The fraction of sp³-hybridized carbons (Fsp3) is 0.464. The maximum absolute atomic E-state index is 13.3. The second kappa shape index (κ2) is 9.19. The summed E-state index contributed by atoms with van der Waals surface area (Å²) < 4.78 is 13.3. The number of rotatable bonds is 5. The van der Waals surface area contributed by atoms with E-state index in [-0.39, 0.29) is 11.9 Å². The number of benzene rings is 1. The summed E-state index contributed by atoms with van der Waals surface area (Å²) in [6, 6.07) is 9.02. The SMILES string of the molecule is Cc1cc(N2CCN(c3nnc(Cc4ccc(F)cc4)c4c3CCC4)C[C@H]2C)ncc1C(C)(C)O. The molecule has 5 rings (SSSR count). The normalized spacial score (nSPS) is 18.2. The van der Waals surface area contributed by atoms with E-state index in [2.05, 4.69) is 32.9 Å². The fourth-order valence-corrected chi connectivity index (χ4v) is 5.56. The van der Waals surface area contributed by atoms with Crippen LogP contribution in [0.15, 0.2) is 36.5 Å². The maximum atomic E-state index is 13.3. The van der Waals surface area contributed by atoms with Crippen LogP contribution in [0.3, 0.4) is 0 Å². The number of anilines is 2. The minimum Gasteiger partial charge on any atom is -0.386 e. The Bertz CT molecular complexity index is 1220. The van der Waals surface area contributed by atoms with Crippen LogP contribution < -0.4 is 9.80 Å². The lowest BCUT2D eigenvalue weighted by Gasteiger charge is -2.41. The summed E-state index contributed by atoms with van der Waals surface area (Å²) in [6.07, 6.45) is 5.68. The van der Waals surface area contributed by atoms with Crippen molar-refractivity contribution in [1.82, 2.24) is 15.2 Å². The number of nitrogens with zero attached hydrogens (tertiary/aromatic N) is 5. The minimum absolute atomic E-state index is 0.216. The van der Waals surface area contributed by atoms with E-state index >= 15 is 0 Å². The summed E-state index contributed by atoms with van der Waals surface area (Å²) in [6.45, 7) is 10.4. The lowest BCUT2D eigenvalue weighted by molar-refractivity contribution is 0.0775. The van der Waals surface area contributed by atoms with Gasteiger partial charge in [-0.25, -0.2) is 9.37 Å². The molecule has 0 amide bonds. The van der Waals surface area contributed by atoms with Crippen molar-refractivity contribution in [2.45, 2.75) is 65.0 Å². The number of pyridine rings is 1. The van der Waals surface area contributed by atoms with Crippen LogP contribution in [0.5, 0.6) is 0 Å². The van der Waals surface area contributed by atoms with Crippen LogP contribution in [-0.4, -0.2) is 46.0 Å². The fourth-order valence-electron chi connectivity index (χ4n) is 5.56. The highest BCUT2D eigenvalue weighted by Gasteiger charge is 2.30. The molecule has 7 heteroatoms. The summed E-state index contributed by atoms with van der Waals surface area (Å²) >= 11 is 0. The largest absolute Gasteiger partial charge is 0.386 e. The van der Waals surface area contributed by atoms with Gasteiger partial charge < -0.3 is 14.9 Å². The van der Waals surface area contributed by atoms with Crippen molar-refractivity contribution in [3.05, 3.63) is 75.9 Å². The van der Waals surface area contributed by atoms with Gasteiger partial charge >= 0.3 is 0 Å². The van der Waals surface area contributed by atoms with Crippen molar-refractivity contribution in [2.24, 2.45) is 0 Å². The van der Waals surface area contributed by atoms with E-state index in [9.17, 15) is 9.50 Å². The van der Waals surface area contributed by atoms with Gasteiger partial charge in [0.2, 0.25) is 0 Å². The zero-order valence-electron chi connectivity index (χ0n) is 21.1. The molecule has 0 radical (unpaired) electrons. The number of halogens is 1. The zero-order valence-corrected chi connectivity index (χ0v) is 21.1. The van der Waals surface area contributed by atoms with Gasteiger partial charge in [-0.2, -0.15) is 5.10 Å². The van der Waals surface area contributed by atoms with Crippen molar-refractivity contribution in [3.63, 3.8) is 0 Å². The second-order valence-corrected chi connectivity index (χ2v) is 10.5. The molecule has 2 aromatic heterocycles. The zero-order chi connectivity index (χ0) is 24.7. The predicted molar refractivity (Wildman–Crippen MR) is 137 cm³/mol. The first kappa shape index (κ1) is 23.7. The summed E-state index contributed by atoms with van der Waals surface area (Å²) in [5, 5.41) is 19.8. The van der Waals surface area contributed by atoms with Crippen molar-refractivity contribution >= 4 is 11.6 Å². The molecule has 1 atom stereocenters. The number of piperazine rings is 1. The Balaban J connectivity index is 1.34. The summed E-state index contributed by atoms with van der Waals surface area (Å²) in [4.78, 5) is 9.40. The molecule has 1 N–H and O–H groups in total. The Morgan fingerprint density at radius 2 is 1.83 bits per heavy atom. The van der Waals surface area contributed by atoms with Crippen LogP contribution in [0.1, 0.15) is 60.7 Å². The molecule has 1 aliphatic carbocycles. The molecule has 184 valence electrons. The average molecular weight is 476 g/mol. The Morgan fingerprint density at radius 3 is 2.51 bits per heavy atom. The molecule has 3 heterocycles. The Kier molecular flexibility index (Phi) is 6.21. The smallest absolute Gasteiger partial charge is 0.154 e. The minimum atomic E-state index is -0.901. The summed E-state index contributed by atoms with van der Waals surface area (Å²) in [7, 11) is 0. The monoisotopic (exact) mass is 475 g/mol. The molecule has 1 fully saturated rings. The molecular formula is C28H34FN5O. The molecule has 1 saturated heterocycles. The molecule has 1 aromatic carbocycles. The molecule has 0 saturated carbocycles. The van der Waals surface area contributed by atoms with E-state index in [1.165, 1.54) is 23.3 Å². The molecule has 6 nitrogen and oxygen atoms in total. The van der Waals surface area contributed by atoms with Gasteiger partial charge in [-0.1, -0.05) is 12.1 Å². The number of fused-ring (bicyclic) bond motifs is 1. The van der Waals surface area contributed by atoms with Crippen LogP contribution in [0, 0.1) is 12.7 Å². The van der Waals surface area contributed by atoms with E-state index in [0.717, 1.165) is 72.9 Å².